The van der Waals surface area contributed by atoms with Crippen LogP contribution in [0.3, 0.4) is 0 Å². The number of anilines is 3. The van der Waals surface area contributed by atoms with Gasteiger partial charge in [0, 0.05) is 16.3 Å². The molecular weight excluding hydrogens is 305 g/mol. The SMILES string of the molecule is Cn1nc(Nc2ccc(I)cc2)nc1N. The molecule has 1 heterocycles. The number of nitrogen functional groups attached to an aromatic ring is 1. The molecule has 0 aliphatic heterocycles. The van der Waals surface area contributed by atoms with Crippen LogP contribution < -0.4 is 11.1 Å². The van der Waals surface area contributed by atoms with Gasteiger partial charge in [-0.2, -0.15) is 4.98 Å². The molecule has 0 aliphatic rings. The molecule has 0 saturated heterocycles. The number of benzene rings is 1. The average Bonchev–Trinajstić information content (AvgIpc) is 2.50. The van der Waals surface area contributed by atoms with Gasteiger partial charge in [-0.15, -0.1) is 5.10 Å². The third-order valence-corrected chi connectivity index (χ3v) is 2.62. The molecule has 0 spiro atoms. The van der Waals surface area contributed by atoms with Gasteiger partial charge in [-0.3, -0.25) is 0 Å². The highest BCUT2D eigenvalue weighted by Gasteiger charge is 2.03. The Hall–Kier alpha value is -1.31. The van der Waals surface area contributed by atoms with Crippen LogP contribution in [0.2, 0.25) is 0 Å². The van der Waals surface area contributed by atoms with Crippen molar-refractivity contribution in [3.8, 4) is 0 Å². The van der Waals surface area contributed by atoms with Gasteiger partial charge in [-0.1, -0.05) is 0 Å². The Morgan fingerprint density at radius 3 is 2.53 bits per heavy atom. The molecule has 3 N–H and O–H groups in total. The van der Waals surface area contributed by atoms with E-state index in [9.17, 15) is 0 Å². The van der Waals surface area contributed by atoms with Gasteiger partial charge in [0.15, 0.2) is 0 Å². The first-order chi connectivity index (χ1) is 7.15. The Labute approximate surface area is 101 Å². The number of aromatic nitrogens is 3. The van der Waals surface area contributed by atoms with Gasteiger partial charge < -0.3 is 11.1 Å². The Morgan fingerprint density at radius 2 is 2.00 bits per heavy atom. The number of hydrogen-bond donors (Lipinski definition) is 2. The Bertz CT molecular complexity index is 442. The van der Waals surface area contributed by atoms with Crippen molar-refractivity contribution in [2.24, 2.45) is 7.05 Å². The van der Waals surface area contributed by atoms with E-state index in [0.717, 1.165) is 5.69 Å². The average molecular weight is 315 g/mol. The van der Waals surface area contributed by atoms with Gasteiger partial charge >= 0.3 is 0 Å². The van der Waals surface area contributed by atoms with Crippen LogP contribution in [-0.2, 0) is 7.05 Å². The summed E-state index contributed by atoms with van der Waals surface area (Å²) < 4.78 is 2.71. The number of nitrogens with two attached hydrogens (primary N) is 1. The molecule has 5 nitrogen and oxygen atoms in total. The van der Waals surface area contributed by atoms with E-state index in [-0.39, 0.29) is 0 Å². The maximum Gasteiger partial charge on any atom is 0.248 e. The van der Waals surface area contributed by atoms with Gasteiger partial charge in [0.05, 0.1) is 0 Å². The molecule has 0 bridgehead atoms. The zero-order valence-corrected chi connectivity index (χ0v) is 10.3. The van der Waals surface area contributed by atoms with Crippen molar-refractivity contribution in [2.75, 3.05) is 11.1 Å². The molecule has 1 aromatic heterocycles. The third kappa shape index (κ3) is 2.38. The second-order valence-corrected chi connectivity index (χ2v) is 4.29. The lowest BCUT2D eigenvalue weighted by atomic mass is 10.3. The quantitative estimate of drug-likeness (QED) is 0.829. The standard InChI is InChI=1S/C9H10IN5/c1-15-8(11)13-9(14-15)12-7-4-2-6(10)3-5-7/h2-5H,1H3,(H3,11,12,13,14). The van der Waals surface area contributed by atoms with Crippen LogP contribution in [0.25, 0.3) is 0 Å². The number of aryl methyl sites for hydroxylation is 1. The summed E-state index contributed by atoms with van der Waals surface area (Å²) in [6.07, 6.45) is 0. The third-order valence-electron chi connectivity index (χ3n) is 1.90. The number of hydrogen-bond acceptors (Lipinski definition) is 4. The first-order valence-electron chi connectivity index (χ1n) is 4.34. The number of nitrogens with zero attached hydrogens (tertiary/aromatic N) is 3. The predicted molar refractivity (Wildman–Crippen MR) is 67.9 cm³/mol. The van der Waals surface area contributed by atoms with E-state index in [1.54, 1.807) is 7.05 Å². The lowest BCUT2D eigenvalue weighted by Gasteiger charge is -2.00. The maximum atomic E-state index is 5.57. The van der Waals surface area contributed by atoms with Crippen LogP contribution in [0.15, 0.2) is 24.3 Å². The van der Waals surface area contributed by atoms with E-state index >= 15 is 0 Å². The number of nitrogens with one attached hydrogen (secondary N) is 1. The largest absolute Gasteiger partial charge is 0.368 e. The van der Waals surface area contributed by atoms with Crippen molar-refractivity contribution in [3.05, 3.63) is 27.8 Å². The molecule has 0 saturated carbocycles. The lowest BCUT2D eigenvalue weighted by molar-refractivity contribution is 0.781. The first kappa shape index (κ1) is 10.2. The van der Waals surface area contributed by atoms with Gasteiger partial charge in [-0.05, 0) is 46.9 Å². The highest BCUT2D eigenvalue weighted by atomic mass is 127. The van der Waals surface area contributed by atoms with Crippen LogP contribution in [0.5, 0.6) is 0 Å². The highest BCUT2D eigenvalue weighted by Crippen LogP contribution is 2.15. The summed E-state index contributed by atoms with van der Waals surface area (Å²) >= 11 is 2.25. The summed E-state index contributed by atoms with van der Waals surface area (Å²) in [5.41, 5.74) is 6.51. The summed E-state index contributed by atoms with van der Waals surface area (Å²) in [6.45, 7) is 0. The lowest BCUT2D eigenvalue weighted by Crippen LogP contribution is -1.97. The normalized spacial score (nSPS) is 10.3. The molecule has 0 atom stereocenters. The number of rotatable bonds is 2. The summed E-state index contributed by atoms with van der Waals surface area (Å²) in [6, 6.07) is 7.95. The highest BCUT2D eigenvalue weighted by molar-refractivity contribution is 14.1. The minimum Gasteiger partial charge on any atom is -0.368 e. The molecule has 78 valence electrons. The van der Waals surface area contributed by atoms with Crippen molar-refractivity contribution in [1.29, 1.82) is 0 Å². The zero-order valence-electron chi connectivity index (χ0n) is 8.11. The molecule has 0 fully saturated rings. The summed E-state index contributed by atoms with van der Waals surface area (Å²) in [7, 11) is 1.75. The van der Waals surface area contributed by atoms with Crippen molar-refractivity contribution in [3.63, 3.8) is 0 Å². The van der Waals surface area contributed by atoms with Crippen LogP contribution in [0.4, 0.5) is 17.6 Å². The summed E-state index contributed by atoms with van der Waals surface area (Å²) in [5.74, 6) is 0.902. The molecule has 0 amide bonds. The van der Waals surface area contributed by atoms with Gasteiger partial charge in [0.1, 0.15) is 0 Å². The zero-order chi connectivity index (χ0) is 10.8. The van der Waals surface area contributed by atoms with E-state index in [2.05, 4.69) is 38.0 Å². The molecule has 0 unspecified atom stereocenters. The molecule has 6 heteroatoms. The summed E-state index contributed by atoms with van der Waals surface area (Å²) in [4.78, 5) is 4.04. The van der Waals surface area contributed by atoms with E-state index in [0.29, 0.717) is 11.9 Å². The van der Waals surface area contributed by atoms with E-state index < -0.39 is 0 Å². The van der Waals surface area contributed by atoms with Gasteiger partial charge in [0.25, 0.3) is 0 Å². The van der Waals surface area contributed by atoms with Gasteiger partial charge in [-0.25, -0.2) is 4.68 Å². The van der Waals surface area contributed by atoms with Crippen molar-refractivity contribution in [2.45, 2.75) is 0 Å². The van der Waals surface area contributed by atoms with Crippen molar-refractivity contribution in [1.82, 2.24) is 14.8 Å². The topological polar surface area (TPSA) is 68.8 Å². The molecule has 2 aromatic rings. The fourth-order valence-electron chi connectivity index (χ4n) is 1.11. The molecular formula is C9H10IN5. The van der Waals surface area contributed by atoms with Crippen molar-refractivity contribution >= 4 is 40.2 Å². The van der Waals surface area contributed by atoms with Gasteiger partial charge in [0.2, 0.25) is 11.9 Å². The summed E-state index contributed by atoms with van der Waals surface area (Å²) in [5, 5.41) is 7.16. The van der Waals surface area contributed by atoms with E-state index in [1.165, 1.54) is 8.25 Å². The first-order valence-corrected chi connectivity index (χ1v) is 5.42. The van der Waals surface area contributed by atoms with E-state index in [1.807, 2.05) is 24.3 Å². The predicted octanol–water partition coefficient (Wildman–Crippen LogP) is 1.75. The van der Waals surface area contributed by atoms with Crippen molar-refractivity contribution < 1.29 is 0 Å². The Balaban J connectivity index is 2.18. The fraction of sp³-hybridized carbons (Fsp3) is 0.111. The van der Waals surface area contributed by atoms with Crippen LogP contribution in [-0.4, -0.2) is 14.8 Å². The van der Waals surface area contributed by atoms with Crippen LogP contribution in [0.1, 0.15) is 0 Å². The Morgan fingerprint density at radius 1 is 1.33 bits per heavy atom. The monoisotopic (exact) mass is 315 g/mol. The van der Waals surface area contributed by atoms with Crippen LogP contribution >= 0.6 is 22.6 Å². The maximum absolute atomic E-state index is 5.57. The fourth-order valence-corrected chi connectivity index (χ4v) is 1.47. The smallest absolute Gasteiger partial charge is 0.248 e. The minimum absolute atomic E-state index is 0.392. The minimum atomic E-state index is 0.392. The second kappa shape index (κ2) is 4.05. The molecule has 0 aliphatic carbocycles. The molecule has 0 radical (unpaired) electrons. The van der Waals surface area contributed by atoms with E-state index in [4.69, 9.17) is 5.73 Å². The molecule has 1 aromatic carbocycles. The molecule has 15 heavy (non-hydrogen) atoms. The van der Waals surface area contributed by atoms with Crippen LogP contribution in [0, 0.1) is 3.57 Å². The molecule has 2 rings (SSSR count). The second-order valence-electron chi connectivity index (χ2n) is 3.05. The number of halogens is 1. The Kier molecular flexibility index (Phi) is 2.76.